The van der Waals surface area contributed by atoms with Gasteiger partial charge in [-0.05, 0) is 0 Å². The van der Waals surface area contributed by atoms with E-state index < -0.39 is 5.41 Å². The second-order valence-electron chi connectivity index (χ2n) is 1.97. The van der Waals surface area contributed by atoms with Gasteiger partial charge in [0.2, 0.25) is 0 Å². The summed E-state index contributed by atoms with van der Waals surface area (Å²) < 4.78 is 0. The second kappa shape index (κ2) is 5.75. The number of hydrogen-bond donors (Lipinski definition) is 3. The predicted octanol–water partition coefficient (Wildman–Crippen LogP) is -1.22. The molecule has 0 fully saturated rings. The zero-order valence-electron chi connectivity index (χ0n) is 5.25. The molecule has 9 heavy (non-hydrogen) atoms. The van der Waals surface area contributed by atoms with Gasteiger partial charge in [-0.1, -0.05) is 5.41 Å². The standard InChI is InChI=1S/C5H11O3.Y/c1-5(2-6,3-7)4-8;/h6-8H,1-4H2;/q-1;. The third-order valence-corrected chi connectivity index (χ3v) is 1.01. The summed E-state index contributed by atoms with van der Waals surface area (Å²) in [4.78, 5) is 0. The minimum atomic E-state index is -0.958. The van der Waals surface area contributed by atoms with Crippen LogP contribution in [0.15, 0.2) is 0 Å². The summed E-state index contributed by atoms with van der Waals surface area (Å²) in [6.07, 6.45) is 0. The molecule has 3 N–H and O–H groups in total. The Balaban J connectivity index is 0. The molecule has 0 spiro atoms. The van der Waals surface area contributed by atoms with Crippen molar-refractivity contribution in [3.05, 3.63) is 6.92 Å². The van der Waals surface area contributed by atoms with Crippen molar-refractivity contribution in [3.63, 3.8) is 0 Å². The normalized spacial score (nSPS) is 10.7. The summed E-state index contributed by atoms with van der Waals surface area (Å²) in [5.74, 6) is 0. The summed E-state index contributed by atoms with van der Waals surface area (Å²) in [5.41, 5.74) is -0.958. The molecule has 0 saturated carbocycles. The van der Waals surface area contributed by atoms with Crippen molar-refractivity contribution in [2.75, 3.05) is 19.8 Å². The van der Waals surface area contributed by atoms with E-state index in [4.69, 9.17) is 15.3 Å². The molecule has 1 radical (unpaired) electrons. The average molecular weight is 208 g/mol. The number of aliphatic hydroxyl groups is 3. The maximum absolute atomic E-state index is 8.40. The Bertz CT molecular complexity index is 55.0. The van der Waals surface area contributed by atoms with Crippen molar-refractivity contribution >= 4 is 0 Å². The monoisotopic (exact) mass is 208 g/mol. The summed E-state index contributed by atoms with van der Waals surface area (Å²) in [7, 11) is 0. The zero-order valence-corrected chi connectivity index (χ0v) is 8.09. The first-order valence-electron chi connectivity index (χ1n) is 2.36. The number of hydrogen-bond acceptors (Lipinski definition) is 3. The van der Waals surface area contributed by atoms with Crippen LogP contribution >= 0.6 is 0 Å². The molecule has 0 aliphatic heterocycles. The Morgan fingerprint density at radius 2 is 1.22 bits per heavy atom. The van der Waals surface area contributed by atoms with E-state index in [1.807, 2.05) is 0 Å². The fourth-order valence-electron chi connectivity index (χ4n) is 0.150. The number of aliphatic hydroxyl groups excluding tert-OH is 3. The second-order valence-corrected chi connectivity index (χ2v) is 1.97. The van der Waals surface area contributed by atoms with Crippen LogP contribution in [0.5, 0.6) is 0 Å². The summed E-state index contributed by atoms with van der Waals surface area (Å²) in [6.45, 7) is 2.50. The van der Waals surface area contributed by atoms with Crippen molar-refractivity contribution in [1.82, 2.24) is 0 Å². The molecule has 53 valence electrons. The fraction of sp³-hybridized carbons (Fsp3) is 0.800. The first kappa shape index (κ1) is 12.6. The van der Waals surface area contributed by atoms with Gasteiger partial charge in [0.05, 0.1) is 0 Å². The zero-order chi connectivity index (χ0) is 6.62. The molecule has 0 amide bonds. The maximum atomic E-state index is 8.40. The molecule has 0 aliphatic carbocycles. The largest absolute Gasteiger partial charge is 0.398 e. The van der Waals surface area contributed by atoms with Gasteiger partial charge < -0.3 is 22.2 Å². The molecule has 0 unspecified atom stereocenters. The molecule has 0 aliphatic rings. The van der Waals surface area contributed by atoms with E-state index in [1.54, 1.807) is 0 Å². The molecule has 0 rings (SSSR count). The van der Waals surface area contributed by atoms with Gasteiger partial charge in [0.15, 0.2) is 0 Å². The van der Waals surface area contributed by atoms with E-state index in [9.17, 15) is 0 Å². The molecule has 0 aromatic carbocycles. The first-order chi connectivity index (χ1) is 3.68. The van der Waals surface area contributed by atoms with E-state index in [2.05, 4.69) is 6.92 Å². The Morgan fingerprint density at radius 1 is 1.00 bits per heavy atom. The quantitative estimate of drug-likeness (QED) is 0.509. The minimum absolute atomic E-state index is 0. The molecular formula is C5H11O3Y-. The van der Waals surface area contributed by atoms with Crippen molar-refractivity contribution in [1.29, 1.82) is 0 Å². The van der Waals surface area contributed by atoms with Crippen LogP contribution in [0.1, 0.15) is 0 Å². The fourth-order valence-corrected chi connectivity index (χ4v) is 0.150. The van der Waals surface area contributed by atoms with Gasteiger partial charge in [-0.2, -0.15) is 0 Å². The molecule has 3 nitrogen and oxygen atoms in total. The molecule has 0 bridgehead atoms. The van der Waals surface area contributed by atoms with Crippen LogP contribution in [0.3, 0.4) is 0 Å². The van der Waals surface area contributed by atoms with Crippen molar-refractivity contribution < 1.29 is 48.0 Å². The van der Waals surface area contributed by atoms with Crippen LogP contribution in [-0.2, 0) is 32.7 Å². The SMILES string of the molecule is [CH2-]C(CO)(CO)CO.[Y]. The van der Waals surface area contributed by atoms with Crippen molar-refractivity contribution in [3.8, 4) is 0 Å². The Kier molecular flexibility index (Phi) is 8.07. The van der Waals surface area contributed by atoms with Gasteiger partial charge in [-0.25, -0.2) is 0 Å². The Hall–Kier alpha value is 0.984. The van der Waals surface area contributed by atoms with Crippen LogP contribution < -0.4 is 0 Å². The van der Waals surface area contributed by atoms with E-state index in [1.165, 1.54) is 0 Å². The van der Waals surface area contributed by atoms with E-state index in [0.29, 0.717) is 0 Å². The Morgan fingerprint density at radius 3 is 1.22 bits per heavy atom. The van der Waals surface area contributed by atoms with Gasteiger partial charge in [-0.15, -0.1) is 0 Å². The van der Waals surface area contributed by atoms with Gasteiger partial charge in [0.25, 0.3) is 0 Å². The topological polar surface area (TPSA) is 60.7 Å². The van der Waals surface area contributed by atoms with Crippen molar-refractivity contribution in [2.24, 2.45) is 5.41 Å². The van der Waals surface area contributed by atoms with Crippen LogP contribution in [0.2, 0.25) is 0 Å². The molecule has 0 aromatic rings. The smallest absolute Gasteiger partial charge is 0.0255 e. The Labute approximate surface area is 80.0 Å². The molecular weight excluding hydrogens is 197 g/mol. The molecule has 0 atom stereocenters. The van der Waals surface area contributed by atoms with Crippen LogP contribution in [0.25, 0.3) is 0 Å². The molecule has 4 heteroatoms. The van der Waals surface area contributed by atoms with Gasteiger partial charge >= 0.3 is 0 Å². The van der Waals surface area contributed by atoms with Gasteiger partial charge in [-0.3, -0.25) is 0 Å². The van der Waals surface area contributed by atoms with E-state index >= 15 is 0 Å². The minimum Gasteiger partial charge on any atom is -0.398 e. The summed E-state index contributed by atoms with van der Waals surface area (Å²) in [6, 6.07) is 0. The maximum Gasteiger partial charge on any atom is 0.0255 e. The predicted molar refractivity (Wildman–Crippen MR) is 29.0 cm³/mol. The van der Waals surface area contributed by atoms with E-state index in [-0.39, 0.29) is 52.5 Å². The molecule has 0 heterocycles. The van der Waals surface area contributed by atoms with Crippen LogP contribution in [0, 0.1) is 12.3 Å². The summed E-state index contributed by atoms with van der Waals surface area (Å²) >= 11 is 0. The average Bonchev–Trinajstić information content (AvgIpc) is 1.87. The molecule has 0 saturated heterocycles. The molecule has 0 aromatic heterocycles. The van der Waals surface area contributed by atoms with Crippen LogP contribution in [-0.4, -0.2) is 35.1 Å². The van der Waals surface area contributed by atoms with Crippen molar-refractivity contribution in [2.45, 2.75) is 0 Å². The third kappa shape index (κ3) is 4.40. The third-order valence-electron chi connectivity index (χ3n) is 1.01. The summed E-state index contributed by atoms with van der Waals surface area (Å²) in [5, 5.41) is 25.2. The van der Waals surface area contributed by atoms with Gasteiger partial charge in [0.1, 0.15) is 0 Å². The number of rotatable bonds is 3. The van der Waals surface area contributed by atoms with Crippen LogP contribution in [0.4, 0.5) is 0 Å². The van der Waals surface area contributed by atoms with Gasteiger partial charge in [0, 0.05) is 52.5 Å². The van der Waals surface area contributed by atoms with E-state index in [0.717, 1.165) is 0 Å². The first-order valence-corrected chi connectivity index (χ1v) is 2.36.